The van der Waals surface area contributed by atoms with Crippen molar-refractivity contribution in [1.82, 2.24) is 20.1 Å². The molecule has 0 aliphatic heterocycles. The molecule has 0 bridgehead atoms. The molecule has 2 N–H and O–H groups in total. The van der Waals surface area contributed by atoms with Crippen LogP contribution in [0, 0.1) is 13.8 Å². The summed E-state index contributed by atoms with van der Waals surface area (Å²) in [7, 11) is 0. The molecule has 0 fully saturated rings. The molecule has 6 nitrogen and oxygen atoms in total. The van der Waals surface area contributed by atoms with Gasteiger partial charge in [0.1, 0.15) is 0 Å². The number of aromatic nitrogens is 4. The molecule has 0 aromatic carbocycles. The molecule has 3 heterocycles. The number of hydrogen-bond acceptors (Lipinski definition) is 6. The zero-order chi connectivity index (χ0) is 14.1. The molecule has 0 spiro atoms. The monoisotopic (exact) mass is 267 g/mol. The predicted octanol–water partition coefficient (Wildman–Crippen LogP) is 2.39. The van der Waals surface area contributed by atoms with Crippen LogP contribution >= 0.6 is 0 Å². The van der Waals surface area contributed by atoms with Crippen LogP contribution in [-0.2, 0) is 0 Å². The summed E-state index contributed by atoms with van der Waals surface area (Å²) in [6.45, 7) is 3.86. The maximum Gasteiger partial charge on any atom is 0.259 e. The van der Waals surface area contributed by atoms with Gasteiger partial charge in [-0.15, -0.1) is 0 Å². The van der Waals surface area contributed by atoms with E-state index >= 15 is 0 Å². The molecule has 0 aliphatic rings. The maximum absolute atomic E-state index is 5.69. The van der Waals surface area contributed by atoms with E-state index in [9.17, 15) is 0 Å². The van der Waals surface area contributed by atoms with Gasteiger partial charge >= 0.3 is 0 Å². The van der Waals surface area contributed by atoms with Crippen molar-refractivity contribution in [2.45, 2.75) is 13.8 Å². The smallest absolute Gasteiger partial charge is 0.259 e. The van der Waals surface area contributed by atoms with E-state index in [2.05, 4.69) is 20.1 Å². The Kier molecular flexibility index (Phi) is 2.90. The average Bonchev–Trinajstić information content (AvgIpc) is 2.87. The zero-order valence-corrected chi connectivity index (χ0v) is 11.2. The summed E-state index contributed by atoms with van der Waals surface area (Å²) < 4.78 is 5.26. The Balaban J connectivity index is 2.02. The highest BCUT2D eigenvalue weighted by Gasteiger charge is 2.12. The summed E-state index contributed by atoms with van der Waals surface area (Å²) in [6, 6.07) is 5.58. The van der Waals surface area contributed by atoms with E-state index in [1.54, 1.807) is 18.5 Å². The van der Waals surface area contributed by atoms with Gasteiger partial charge in [-0.05, 0) is 32.0 Å². The second-order valence-corrected chi connectivity index (χ2v) is 4.57. The minimum Gasteiger partial charge on any atom is -0.397 e. The summed E-state index contributed by atoms with van der Waals surface area (Å²) in [6.07, 6.45) is 3.20. The van der Waals surface area contributed by atoms with Crippen LogP contribution in [0.25, 0.3) is 22.8 Å². The Morgan fingerprint density at radius 1 is 0.950 bits per heavy atom. The molecule has 6 heteroatoms. The predicted molar refractivity (Wildman–Crippen MR) is 74.6 cm³/mol. The molecule has 0 aliphatic carbocycles. The van der Waals surface area contributed by atoms with Crippen molar-refractivity contribution in [3.05, 3.63) is 42.0 Å². The molecule has 3 aromatic heterocycles. The summed E-state index contributed by atoms with van der Waals surface area (Å²) >= 11 is 0. The molecule has 0 atom stereocenters. The zero-order valence-electron chi connectivity index (χ0n) is 11.2. The third-order valence-corrected chi connectivity index (χ3v) is 2.77. The van der Waals surface area contributed by atoms with Crippen molar-refractivity contribution in [1.29, 1.82) is 0 Å². The SMILES string of the molecule is Cc1cc(-c2noc(-c3cncc(N)c3)n2)cc(C)n1. The fraction of sp³-hybridized carbons (Fsp3) is 0.143. The lowest BCUT2D eigenvalue weighted by molar-refractivity contribution is 0.432. The Morgan fingerprint density at radius 3 is 2.40 bits per heavy atom. The number of rotatable bonds is 2. The fourth-order valence-corrected chi connectivity index (χ4v) is 2.00. The van der Waals surface area contributed by atoms with E-state index in [4.69, 9.17) is 10.3 Å². The van der Waals surface area contributed by atoms with Crippen LogP contribution < -0.4 is 5.73 Å². The van der Waals surface area contributed by atoms with Crippen LogP contribution in [0.5, 0.6) is 0 Å². The Hall–Kier alpha value is -2.76. The van der Waals surface area contributed by atoms with E-state index < -0.39 is 0 Å². The standard InChI is InChI=1S/C14H13N5O/c1-8-3-10(4-9(2)17-8)13-18-14(20-19-13)11-5-12(15)7-16-6-11/h3-7H,15H2,1-2H3. The number of hydrogen-bond donors (Lipinski definition) is 1. The molecule has 0 unspecified atom stereocenters. The first kappa shape index (κ1) is 12.3. The van der Waals surface area contributed by atoms with Crippen LogP contribution in [0.1, 0.15) is 11.4 Å². The van der Waals surface area contributed by atoms with Crippen LogP contribution in [-0.4, -0.2) is 20.1 Å². The number of nitrogens with two attached hydrogens (primary N) is 1. The summed E-state index contributed by atoms with van der Waals surface area (Å²) in [5.41, 5.74) is 9.65. The number of aryl methyl sites for hydroxylation is 2. The van der Waals surface area contributed by atoms with Gasteiger partial charge in [0.15, 0.2) is 0 Å². The highest BCUT2D eigenvalue weighted by Crippen LogP contribution is 2.23. The van der Waals surface area contributed by atoms with Crippen molar-refractivity contribution in [2.75, 3.05) is 5.73 Å². The van der Waals surface area contributed by atoms with Gasteiger partial charge in [0.2, 0.25) is 5.82 Å². The molecule has 0 saturated heterocycles. The molecule has 20 heavy (non-hydrogen) atoms. The second-order valence-electron chi connectivity index (χ2n) is 4.57. The molecule has 3 aromatic rings. The third-order valence-electron chi connectivity index (χ3n) is 2.77. The molecular formula is C14H13N5O. The van der Waals surface area contributed by atoms with Crippen LogP contribution in [0.2, 0.25) is 0 Å². The lowest BCUT2D eigenvalue weighted by atomic mass is 10.2. The maximum atomic E-state index is 5.69. The number of nitrogen functional groups attached to an aromatic ring is 1. The van der Waals surface area contributed by atoms with Gasteiger partial charge in [-0.1, -0.05) is 5.16 Å². The van der Waals surface area contributed by atoms with Gasteiger partial charge in [-0.3, -0.25) is 9.97 Å². The van der Waals surface area contributed by atoms with E-state index in [0.29, 0.717) is 23.0 Å². The molecule has 0 amide bonds. The van der Waals surface area contributed by atoms with Crippen LogP contribution in [0.4, 0.5) is 5.69 Å². The quantitative estimate of drug-likeness (QED) is 0.766. The van der Waals surface area contributed by atoms with Crippen molar-refractivity contribution in [2.24, 2.45) is 0 Å². The van der Waals surface area contributed by atoms with Crippen LogP contribution in [0.15, 0.2) is 35.1 Å². The fourth-order valence-electron chi connectivity index (χ4n) is 2.00. The van der Waals surface area contributed by atoms with Crippen molar-refractivity contribution >= 4 is 5.69 Å². The summed E-state index contributed by atoms with van der Waals surface area (Å²) in [5.74, 6) is 0.919. The van der Waals surface area contributed by atoms with E-state index in [-0.39, 0.29) is 0 Å². The Labute approximate surface area is 115 Å². The number of pyridine rings is 2. The van der Waals surface area contributed by atoms with Crippen molar-refractivity contribution in [3.8, 4) is 22.8 Å². The third kappa shape index (κ3) is 2.35. The molecular weight excluding hydrogens is 254 g/mol. The number of anilines is 1. The largest absolute Gasteiger partial charge is 0.397 e. The first-order chi connectivity index (χ1) is 9.61. The first-order valence-electron chi connectivity index (χ1n) is 6.12. The summed E-state index contributed by atoms with van der Waals surface area (Å²) in [4.78, 5) is 12.7. The topological polar surface area (TPSA) is 90.7 Å². The van der Waals surface area contributed by atoms with Crippen molar-refractivity contribution < 1.29 is 4.52 Å². The van der Waals surface area contributed by atoms with Gasteiger partial charge in [-0.25, -0.2) is 0 Å². The molecule has 0 radical (unpaired) electrons. The van der Waals surface area contributed by atoms with Gasteiger partial charge in [0, 0.05) is 29.3 Å². The number of nitrogens with zero attached hydrogens (tertiary/aromatic N) is 4. The lowest BCUT2D eigenvalue weighted by Crippen LogP contribution is -1.90. The minimum absolute atomic E-state index is 0.395. The van der Waals surface area contributed by atoms with E-state index in [1.807, 2.05) is 26.0 Å². The summed E-state index contributed by atoms with van der Waals surface area (Å²) in [5, 5.41) is 3.99. The second kappa shape index (κ2) is 4.73. The van der Waals surface area contributed by atoms with Gasteiger partial charge in [0.05, 0.1) is 11.3 Å². The Morgan fingerprint density at radius 2 is 1.70 bits per heavy atom. The first-order valence-corrected chi connectivity index (χ1v) is 6.12. The minimum atomic E-state index is 0.395. The van der Waals surface area contributed by atoms with E-state index in [1.165, 1.54) is 0 Å². The van der Waals surface area contributed by atoms with Gasteiger partial charge in [0.25, 0.3) is 5.89 Å². The average molecular weight is 267 g/mol. The highest BCUT2D eigenvalue weighted by molar-refractivity contribution is 5.61. The normalized spacial score (nSPS) is 10.7. The Bertz CT molecular complexity index is 746. The molecule has 100 valence electrons. The lowest BCUT2D eigenvalue weighted by Gasteiger charge is -1.99. The molecule has 3 rings (SSSR count). The molecule has 0 saturated carbocycles. The highest BCUT2D eigenvalue weighted by atomic mass is 16.5. The van der Waals surface area contributed by atoms with Crippen LogP contribution in [0.3, 0.4) is 0 Å². The van der Waals surface area contributed by atoms with Gasteiger partial charge < -0.3 is 10.3 Å². The van der Waals surface area contributed by atoms with E-state index in [0.717, 1.165) is 17.0 Å². The van der Waals surface area contributed by atoms with Crippen molar-refractivity contribution in [3.63, 3.8) is 0 Å². The van der Waals surface area contributed by atoms with Gasteiger partial charge in [-0.2, -0.15) is 4.98 Å².